The first-order chi connectivity index (χ1) is 12.1. The average molecular weight is 333 g/mol. The Hall–Kier alpha value is -3.28. The number of aliphatic carboxylic acids is 1. The van der Waals surface area contributed by atoms with Crippen molar-refractivity contribution in [1.29, 1.82) is 0 Å². The largest absolute Gasteiger partial charge is 0.480 e. The first kappa shape index (κ1) is 15.3. The van der Waals surface area contributed by atoms with Gasteiger partial charge in [-0.15, -0.1) is 0 Å². The van der Waals surface area contributed by atoms with Crippen LogP contribution in [0.25, 0.3) is 11.0 Å². The summed E-state index contributed by atoms with van der Waals surface area (Å²) in [6.45, 7) is 0.250. The summed E-state index contributed by atoms with van der Waals surface area (Å²) in [4.78, 5) is 34.6. The Balaban J connectivity index is 1.72. The van der Waals surface area contributed by atoms with E-state index in [0.29, 0.717) is 11.0 Å². The van der Waals surface area contributed by atoms with E-state index in [1.54, 1.807) is 6.07 Å². The molecule has 0 saturated carbocycles. The van der Waals surface area contributed by atoms with E-state index in [0.717, 1.165) is 11.1 Å². The molecule has 124 valence electrons. The molecule has 0 fully saturated rings. The number of rotatable bonds is 2. The molecule has 0 saturated heterocycles. The monoisotopic (exact) mass is 333 g/mol. The maximum Gasteiger partial charge on any atom is 0.326 e. The van der Waals surface area contributed by atoms with Gasteiger partial charge in [-0.3, -0.25) is 9.78 Å². The van der Waals surface area contributed by atoms with Crippen LogP contribution in [0.3, 0.4) is 0 Å². The second kappa shape index (κ2) is 5.98. The van der Waals surface area contributed by atoms with Gasteiger partial charge in [-0.2, -0.15) is 0 Å². The summed E-state index contributed by atoms with van der Waals surface area (Å²) in [5.41, 5.74) is 3.38. The molecule has 1 atom stereocenters. The van der Waals surface area contributed by atoms with E-state index in [1.807, 2.05) is 42.5 Å². The molecule has 4 rings (SSSR count). The van der Waals surface area contributed by atoms with Crippen molar-refractivity contribution >= 4 is 22.9 Å². The van der Waals surface area contributed by atoms with E-state index in [4.69, 9.17) is 0 Å². The molecule has 1 aliphatic rings. The first-order valence-electron chi connectivity index (χ1n) is 7.96. The molecule has 0 aliphatic carbocycles. The van der Waals surface area contributed by atoms with Crippen molar-refractivity contribution < 1.29 is 14.7 Å². The Labute approximate surface area is 143 Å². The zero-order valence-electron chi connectivity index (χ0n) is 13.3. The quantitative estimate of drug-likeness (QED) is 0.778. The van der Waals surface area contributed by atoms with Crippen LogP contribution in [0, 0.1) is 0 Å². The van der Waals surface area contributed by atoms with Gasteiger partial charge in [0.2, 0.25) is 0 Å². The third-order valence-corrected chi connectivity index (χ3v) is 4.46. The molecule has 0 spiro atoms. The van der Waals surface area contributed by atoms with Gasteiger partial charge in [0, 0.05) is 13.0 Å². The van der Waals surface area contributed by atoms with Crippen molar-refractivity contribution in [3.63, 3.8) is 0 Å². The Morgan fingerprint density at radius 1 is 1.00 bits per heavy atom. The Kier molecular flexibility index (Phi) is 3.65. The standard InChI is InChI=1S/C19H15N3O3/c23-18(16-10-20-14-7-3-4-8-15(14)21-16)22-11-13-6-2-1-5-12(13)9-17(22)19(24)25/h1-8,10,17H,9,11H2,(H,24,25). The number of para-hydroxylation sites is 2. The molecular weight excluding hydrogens is 318 g/mol. The molecule has 1 amide bonds. The van der Waals surface area contributed by atoms with Crippen LogP contribution in [0.2, 0.25) is 0 Å². The highest BCUT2D eigenvalue weighted by Gasteiger charge is 2.35. The smallest absolute Gasteiger partial charge is 0.326 e. The summed E-state index contributed by atoms with van der Waals surface area (Å²) in [7, 11) is 0. The molecule has 6 heteroatoms. The van der Waals surface area contributed by atoms with Crippen molar-refractivity contribution in [2.24, 2.45) is 0 Å². The second-order valence-electron chi connectivity index (χ2n) is 6.00. The van der Waals surface area contributed by atoms with Crippen molar-refractivity contribution in [2.75, 3.05) is 0 Å². The van der Waals surface area contributed by atoms with Crippen LogP contribution >= 0.6 is 0 Å². The lowest BCUT2D eigenvalue weighted by Gasteiger charge is -2.34. The number of carbonyl (C=O) groups excluding carboxylic acids is 1. The first-order valence-corrected chi connectivity index (χ1v) is 7.96. The summed E-state index contributed by atoms with van der Waals surface area (Å²) in [6, 6.07) is 13.9. The number of benzene rings is 2. The van der Waals surface area contributed by atoms with Gasteiger partial charge in [0.15, 0.2) is 0 Å². The van der Waals surface area contributed by atoms with Crippen LogP contribution in [0.1, 0.15) is 21.6 Å². The van der Waals surface area contributed by atoms with Gasteiger partial charge >= 0.3 is 5.97 Å². The number of hydrogen-bond acceptors (Lipinski definition) is 4. The maximum absolute atomic E-state index is 12.9. The van der Waals surface area contributed by atoms with Crippen molar-refractivity contribution in [3.8, 4) is 0 Å². The van der Waals surface area contributed by atoms with E-state index in [9.17, 15) is 14.7 Å². The number of nitrogens with zero attached hydrogens (tertiary/aromatic N) is 3. The van der Waals surface area contributed by atoms with E-state index in [1.165, 1.54) is 11.1 Å². The third kappa shape index (κ3) is 2.71. The minimum absolute atomic E-state index is 0.157. The van der Waals surface area contributed by atoms with Crippen LogP contribution in [0.5, 0.6) is 0 Å². The molecule has 0 bridgehead atoms. The number of amides is 1. The number of carboxylic acids is 1. The summed E-state index contributed by atoms with van der Waals surface area (Å²) in [5.74, 6) is -1.43. The van der Waals surface area contributed by atoms with Gasteiger partial charge in [-0.1, -0.05) is 36.4 Å². The van der Waals surface area contributed by atoms with Crippen molar-refractivity contribution in [3.05, 3.63) is 71.5 Å². The predicted octanol–water partition coefficient (Wildman–Crippen LogP) is 2.28. The Morgan fingerprint density at radius 2 is 1.68 bits per heavy atom. The minimum Gasteiger partial charge on any atom is -0.480 e. The molecule has 1 aliphatic heterocycles. The van der Waals surface area contributed by atoms with E-state index >= 15 is 0 Å². The molecule has 2 aromatic carbocycles. The molecule has 25 heavy (non-hydrogen) atoms. The van der Waals surface area contributed by atoms with Gasteiger partial charge in [-0.25, -0.2) is 9.78 Å². The normalized spacial score (nSPS) is 16.5. The lowest BCUT2D eigenvalue weighted by Crippen LogP contribution is -2.48. The Morgan fingerprint density at radius 3 is 2.44 bits per heavy atom. The van der Waals surface area contributed by atoms with Gasteiger partial charge < -0.3 is 10.0 Å². The van der Waals surface area contributed by atoms with E-state index in [2.05, 4.69) is 9.97 Å². The van der Waals surface area contributed by atoms with Crippen LogP contribution < -0.4 is 0 Å². The van der Waals surface area contributed by atoms with Crippen molar-refractivity contribution in [2.45, 2.75) is 19.0 Å². The number of hydrogen-bond donors (Lipinski definition) is 1. The third-order valence-electron chi connectivity index (χ3n) is 4.46. The zero-order chi connectivity index (χ0) is 17.4. The van der Waals surface area contributed by atoms with E-state index < -0.39 is 17.9 Å². The Bertz CT molecular complexity index is 986. The maximum atomic E-state index is 12.9. The topological polar surface area (TPSA) is 83.4 Å². The summed E-state index contributed by atoms with van der Waals surface area (Å²) in [5, 5.41) is 9.57. The van der Waals surface area contributed by atoms with Crippen LogP contribution in [0.4, 0.5) is 0 Å². The van der Waals surface area contributed by atoms with Gasteiger partial charge in [0.05, 0.1) is 17.2 Å². The van der Waals surface area contributed by atoms with Gasteiger partial charge in [0.25, 0.3) is 5.91 Å². The SMILES string of the molecule is O=C(O)C1Cc2ccccc2CN1C(=O)c1cnc2ccccc2n1. The highest BCUT2D eigenvalue weighted by Crippen LogP contribution is 2.25. The number of fused-ring (bicyclic) bond motifs is 2. The molecule has 1 unspecified atom stereocenters. The van der Waals surface area contributed by atoms with E-state index in [-0.39, 0.29) is 18.7 Å². The highest BCUT2D eigenvalue weighted by atomic mass is 16.4. The predicted molar refractivity (Wildman–Crippen MR) is 91.0 cm³/mol. The number of carboxylic acid groups (broad SMARTS) is 1. The fraction of sp³-hybridized carbons (Fsp3) is 0.158. The summed E-state index contributed by atoms with van der Waals surface area (Å²) in [6.07, 6.45) is 1.70. The van der Waals surface area contributed by atoms with Gasteiger partial charge in [-0.05, 0) is 23.3 Å². The molecule has 1 N–H and O–H groups in total. The minimum atomic E-state index is -1.02. The molecule has 6 nitrogen and oxygen atoms in total. The fourth-order valence-electron chi connectivity index (χ4n) is 3.16. The zero-order valence-corrected chi connectivity index (χ0v) is 13.3. The average Bonchev–Trinajstić information content (AvgIpc) is 2.66. The van der Waals surface area contributed by atoms with Crippen LogP contribution in [-0.4, -0.2) is 37.9 Å². The molecule has 0 radical (unpaired) electrons. The number of carbonyl (C=O) groups is 2. The molecular formula is C19H15N3O3. The molecule has 1 aromatic heterocycles. The molecule has 2 heterocycles. The van der Waals surface area contributed by atoms with Gasteiger partial charge in [0.1, 0.15) is 11.7 Å². The van der Waals surface area contributed by atoms with Crippen molar-refractivity contribution in [1.82, 2.24) is 14.9 Å². The lowest BCUT2D eigenvalue weighted by molar-refractivity contribution is -0.142. The lowest BCUT2D eigenvalue weighted by atomic mass is 9.93. The summed E-state index contributed by atoms with van der Waals surface area (Å²) < 4.78 is 0. The fourth-order valence-corrected chi connectivity index (χ4v) is 3.16. The highest BCUT2D eigenvalue weighted by molar-refractivity contribution is 5.96. The summed E-state index contributed by atoms with van der Waals surface area (Å²) >= 11 is 0. The van der Waals surface area contributed by atoms with Crippen LogP contribution in [0.15, 0.2) is 54.7 Å². The van der Waals surface area contributed by atoms with Crippen LogP contribution in [-0.2, 0) is 17.8 Å². The molecule has 3 aromatic rings. The number of aromatic nitrogens is 2. The second-order valence-corrected chi connectivity index (χ2v) is 6.00.